The van der Waals surface area contributed by atoms with Gasteiger partial charge >= 0.3 is 5.69 Å². The number of nitrogens with one attached hydrogen (secondary N) is 1. The minimum Gasteiger partial charge on any atom is -0.383 e. The molecule has 1 aromatic rings. The summed E-state index contributed by atoms with van der Waals surface area (Å²) >= 11 is 0. The minimum absolute atomic E-state index is 0.0348. The van der Waals surface area contributed by atoms with Crippen LogP contribution >= 0.6 is 0 Å². The van der Waals surface area contributed by atoms with Crippen molar-refractivity contribution in [2.75, 3.05) is 30.9 Å². The Morgan fingerprint density at radius 3 is 2.41 bits per heavy atom. The molecule has 8 heteroatoms. The molecule has 0 radical (unpaired) electrons. The molecule has 1 heterocycles. The maximum absolute atomic E-state index is 12.8. The van der Waals surface area contributed by atoms with Crippen molar-refractivity contribution in [3.63, 3.8) is 0 Å². The molecule has 0 bridgehead atoms. The molecule has 0 unspecified atom stereocenters. The Bertz CT molecular complexity index is 696. The van der Waals surface area contributed by atoms with Crippen LogP contribution in [0.25, 0.3) is 0 Å². The third-order valence-electron chi connectivity index (χ3n) is 4.53. The fourth-order valence-electron chi connectivity index (χ4n) is 2.93. The van der Waals surface area contributed by atoms with Crippen LogP contribution in [0.3, 0.4) is 0 Å². The number of H-pyrrole nitrogens is 1. The van der Waals surface area contributed by atoms with E-state index in [-0.39, 0.29) is 30.6 Å². The normalized spacial score (nSPS) is 10.9. The molecular weight excluding hydrogens is 348 g/mol. The van der Waals surface area contributed by atoms with Gasteiger partial charge in [0.1, 0.15) is 5.82 Å². The summed E-state index contributed by atoms with van der Waals surface area (Å²) in [4.78, 5) is 40.9. The van der Waals surface area contributed by atoms with Gasteiger partial charge in [0.15, 0.2) is 5.69 Å². The van der Waals surface area contributed by atoms with E-state index in [1.54, 1.807) is 0 Å². The van der Waals surface area contributed by atoms with Crippen molar-refractivity contribution in [1.29, 1.82) is 0 Å². The van der Waals surface area contributed by atoms with Gasteiger partial charge in [-0.25, -0.2) is 4.79 Å². The first-order valence-corrected chi connectivity index (χ1v) is 9.89. The highest BCUT2D eigenvalue weighted by Gasteiger charge is 2.23. The summed E-state index contributed by atoms with van der Waals surface area (Å²) in [5.41, 5.74) is 5.00. The molecule has 0 fully saturated rings. The number of aromatic nitrogens is 2. The quantitative estimate of drug-likeness (QED) is 0.508. The SMILES string of the molecule is CCCCCCCC(=O)N(CCOC)c1c(N)n(CCCC)c(=O)[nH]c1=O. The number of ether oxygens (including phenoxy) is 1. The van der Waals surface area contributed by atoms with Crippen molar-refractivity contribution in [3.05, 3.63) is 20.8 Å². The Morgan fingerprint density at radius 2 is 1.78 bits per heavy atom. The first-order valence-electron chi connectivity index (χ1n) is 9.89. The van der Waals surface area contributed by atoms with Crippen LogP contribution < -0.4 is 21.9 Å². The Labute approximate surface area is 160 Å². The van der Waals surface area contributed by atoms with Crippen molar-refractivity contribution in [2.45, 2.75) is 71.8 Å². The average molecular weight is 383 g/mol. The lowest BCUT2D eigenvalue weighted by molar-refractivity contribution is -0.118. The van der Waals surface area contributed by atoms with Crippen LogP contribution in [0.15, 0.2) is 9.59 Å². The number of nitrogens with zero attached hydrogens (tertiary/aromatic N) is 2. The van der Waals surface area contributed by atoms with Gasteiger partial charge in [0.2, 0.25) is 5.91 Å². The first kappa shape index (κ1) is 23.0. The lowest BCUT2D eigenvalue weighted by Gasteiger charge is -2.24. The predicted octanol–water partition coefficient (Wildman–Crippen LogP) is 2.26. The van der Waals surface area contributed by atoms with E-state index in [4.69, 9.17) is 10.5 Å². The smallest absolute Gasteiger partial charge is 0.330 e. The van der Waals surface area contributed by atoms with Crippen molar-refractivity contribution in [3.8, 4) is 0 Å². The van der Waals surface area contributed by atoms with Crippen LogP contribution in [-0.4, -0.2) is 35.7 Å². The highest BCUT2D eigenvalue weighted by molar-refractivity contribution is 5.95. The Hall–Kier alpha value is -2.09. The van der Waals surface area contributed by atoms with Crippen LogP contribution in [0, 0.1) is 0 Å². The molecule has 0 saturated carbocycles. The maximum atomic E-state index is 12.8. The molecule has 8 nitrogen and oxygen atoms in total. The molecule has 0 aliphatic heterocycles. The molecule has 154 valence electrons. The second-order valence-corrected chi connectivity index (χ2v) is 6.70. The zero-order chi connectivity index (χ0) is 20.2. The molecule has 3 N–H and O–H groups in total. The zero-order valence-corrected chi connectivity index (χ0v) is 16.9. The average Bonchev–Trinajstić information content (AvgIpc) is 2.63. The van der Waals surface area contributed by atoms with Crippen LogP contribution in [0.5, 0.6) is 0 Å². The molecule has 0 atom stereocenters. The standard InChI is InChI=1S/C19H34N4O4/c1-4-6-8-9-10-11-15(24)22(13-14-27-3)16-17(20)23(12-7-5-2)19(26)21-18(16)25/h4-14,20H2,1-3H3,(H,21,25,26). The fourth-order valence-corrected chi connectivity index (χ4v) is 2.93. The fraction of sp³-hybridized carbons (Fsp3) is 0.737. The summed E-state index contributed by atoms with van der Waals surface area (Å²) in [7, 11) is 1.53. The van der Waals surface area contributed by atoms with Crippen LogP contribution in [0.4, 0.5) is 11.5 Å². The highest BCUT2D eigenvalue weighted by Crippen LogP contribution is 2.19. The molecule has 0 aliphatic rings. The summed E-state index contributed by atoms with van der Waals surface area (Å²) < 4.78 is 6.41. The predicted molar refractivity (Wildman–Crippen MR) is 108 cm³/mol. The zero-order valence-electron chi connectivity index (χ0n) is 16.9. The number of hydrogen-bond acceptors (Lipinski definition) is 5. The summed E-state index contributed by atoms with van der Waals surface area (Å²) in [6, 6.07) is 0. The van der Waals surface area contributed by atoms with Gasteiger partial charge in [-0.3, -0.25) is 19.1 Å². The van der Waals surface area contributed by atoms with E-state index in [1.165, 1.54) is 16.6 Å². The molecule has 1 rings (SSSR count). The third-order valence-corrected chi connectivity index (χ3v) is 4.53. The molecule has 27 heavy (non-hydrogen) atoms. The van der Waals surface area contributed by atoms with Gasteiger partial charge in [0.05, 0.1) is 6.61 Å². The van der Waals surface area contributed by atoms with E-state index in [9.17, 15) is 14.4 Å². The molecule has 0 saturated heterocycles. The first-order chi connectivity index (χ1) is 13.0. The molecule has 1 amide bonds. The van der Waals surface area contributed by atoms with E-state index in [0.717, 1.165) is 44.9 Å². The van der Waals surface area contributed by atoms with Crippen molar-refractivity contribution in [2.24, 2.45) is 0 Å². The number of methoxy groups -OCH3 is 1. The summed E-state index contributed by atoms with van der Waals surface area (Å²) in [6.45, 7) is 5.02. The Balaban J connectivity index is 3.09. The van der Waals surface area contributed by atoms with E-state index >= 15 is 0 Å². The second kappa shape index (κ2) is 12.3. The van der Waals surface area contributed by atoms with Gasteiger partial charge in [0, 0.05) is 26.6 Å². The Kier molecular flexibility index (Phi) is 10.5. The number of nitrogen functional groups attached to an aromatic ring is 1. The van der Waals surface area contributed by atoms with Crippen molar-refractivity contribution < 1.29 is 9.53 Å². The summed E-state index contributed by atoms with van der Waals surface area (Å²) in [6.07, 6.45) is 7.07. The molecule has 0 aliphatic carbocycles. The van der Waals surface area contributed by atoms with E-state index in [1.807, 2.05) is 6.92 Å². The van der Waals surface area contributed by atoms with Crippen molar-refractivity contribution in [1.82, 2.24) is 9.55 Å². The van der Waals surface area contributed by atoms with E-state index < -0.39 is 11.2 Å². The van der Waals surface area contributed by atoms with Gasteiger partial charge in [-0.2, -0.15) is 0 Å². The lowest BCUT2D eigenvalue weighted by atomic mass is 10.1. The number of hydrogen-bond donors (Lipinski definition) is 2. The summed E-state index contributed by atoms with van der Waals surface area (Å²) in [5, 5.41) is 0. The number of anilines is 2. The molecular formula is C19H34N4O4. The second-order valence-electron chi connectivity index (χ2n) is 6.70. The molecule has 0 aromatic carbocycles. The molecule has 0 spiro atoms. The van der Waals surface area contributed by atoms with Gasteiger partial charge < -0.3 is 15.4 Å². The minimum atomic E-state index is -0.638. The van der Waals surface area contributed by atoms with Gasteiger partial charge in [-0.15, -0.1) is 0 Å². The van der Waals surface area contributed by atoms with E-state index in [0.29, 0.717) is 13.0 Å². The number of rotatable bonds is 13. The van der Waals surface area contributed by atoms with Crippen LogP contribution in [0.1, 0.15) is 65.2 Å². The van der Waals surface area contributed by atoms with Gasteiger partial charge in [0.25, 0.3) is 5.56 Å². The van der Waals surface area contributed by atoms with Crippen LogP contribution in [0.2, 0.25) is 0 Å². The number of carbonyl (C=O) groups is 1. The Morgan fingerprint density at radius 1 is 1.11 bits per heavy atom. The number of carbonyl (C=O) groups excluding carboxylic acids is 1. The number of unbranched alkanes of at least 4 members (excludes halogenated alkanes) is 5. The molecule has 1 aromatic heterocycles. The van der Waals surface area contributed by atoms with Crippen LogP contribution in [-0.2, 0) is 16.1 Å². The van der Waals surface area contributed by atoms with Gasteiger partial charge in [-0.1, -0.05) is 46.0 Å². The van der Waals surface area contributed by atoms with E-state index in [2.05, 4.69) is 11.9 Å². The highest BCUT2D eigenvalue weighted by atomic mass is 16.5. The topological polar surface area (TPSA) is 110 Å². The maximum Gasteiger partial charge on any atom is 0.330 e. The largest absolute Gasteiger partial charge is 0.383 e. The number of aromatic amines is 1. The monoisotopic (exact) mass is 382 g/mol. The number of nitrogens with two attached hydrogens (primary N) is 1. The summed E-state index contributed by atoms with van der Waals surface area (Å²) in [5.74, 6) is -0.144. The lowest BCUT2D eigenvalue weighted by Crippen LogP contribution is -2.42. The van der Waals surface area contributed by atoms with Gasteiger partial charge in [-0.05, 0) is 12.8 Å². The van der Waals surface area contributed by atoms with Crippen molar-refractivity contribution >= 4 is 17.4 Å². The third kappa shape index (κ3) is 6.86. The number of amides is 1.